The molecular weight excluding hydrogens is 317 g/mol. The van der Waals surface area contributed by atoms with Crippen LogP contribution in [0.1, 0.15) is 11.5 Å². The van der Waals surface area contributed by atoms with Crippen LogP contribution in [0.5, 0.6) is 0 Å². The number of halogens is 1. The largest absolute Gasteiger partial charge is 0.315 e. The first-order valence-electron chi connectivity index (χ1n) is 7.25. The van der Waals surface area contributed by atoms with Gasteiger partial charge >= 0.3 is 0 Å². The molecule has 1 aliphatic rings. The summed E-state index contributed by atoms with van der Waals surface area (Å²) in [6, 6.07) is 10.4. The van der Waals surface area contributed by atoms with Gasteiger partial charge in [-0.1, -0.05) is 6.07 Å². The zero-order valence-electron chi connectivity index (χ0n) is 12.1. The lowest BCUT2D eigenvalue weighted by atomic mass is 9.93. The Morgan fingerprint density at radius 1 is 1.13 bits per heavy atom. The number of fused-ring (bicyclic) bond motifs is 1. The maximum atomic E-state index is 13.0. The molecule has 1 N–H and O–H groups in total. The van der Waals surface area contributed by atoms with Gasteiger partial charge < -0.3 is 5.32 Å². The average Bonchev–Trinajstić information content (AvgIpc) is 2.90. The molecule has 1 aromatic heterocycles. The molecule has 7 heteroatoms. The van der Waals surface area contributed by atoms with Crippen molar-refractivity contribution >= 4 is 20.9 Å². The Kier molecular flexibility index (Phi) is 3.21. The number of benzene rings is 2. The summed E-state index contributed by atoms with van der Waals surface area (Å²) in [5.74, 6) is -0.00974. The molecule has 2 aromatic carbocycles. The van der Waals surface area contributed by atoms with Crippen LogP contribution in [0.2, 0.25) is 0 Å². The summed E-state index contributed by atoms with van der Waals surface area (Å²) in [7, 11) is -3.84. The van der Waals surface area contributed by atoms with Crippen molar-refractivity contribution in [3.8, 4) is 0 Å². The maximum absolute atomic E-state index is 13.0. The van der Waals surface area contributed by atoms with Crippen LogP contribution < -0.4 is 5.32 Å². The van der Waals surface area contributed by atoms with Crippen molar-refractivity contribution < 1.29 is 12.8 Å². The fraction of sp³-hybridized carbons (Fsp3) is 0.188. The summed E-state index contributed by atoms with van der Waals surface area (Å²) in [5.41, 5.74) is 1.69. The Morgan fingerprint density at radius 3 is 2.52 bits per heavy atom. The highest BCUT2D eigenvalue weighted by molar-refractivity contribution is 7.90. The molecule has 0 amide bonds. The molecule has 5 nitrogen and oxygen atoms in total. The highest BCUT2D eigenvalue weighted by Gasteiger charge is 2.23. The summed E-state index contributed by atoms with van der Waals surface area (Å²) in [4.78, 5) is 0.0103. The third kappa shape index (κ3) is 2.32. The van der Waals surface area contributed by atoms with Gasteiger partial charge in [0.05, 0.1) is 16.6 Å². The van der Waals surface area contributed by atoms with Gasteiger partial charge in [0.25, 0.3) is 10.0 Å². The van der Waals surface area contributed by atoms with Crippen LogP contribution in [0, 0.1) is 5.82 Å². The van der Waals surface area contributed by atoms with Crippen molar-refractivity contribution in [2.24, 2.45) is 0 Å². The number of nitrogens with one attached hydrogen (secondary N) is 1. The lowest BCUT2D eigenvalue weighted by molar-refractivity contribution is 0.449. The molecule has 0 atom stereocenters. The summed E-state index contributed by atoms with van der Waals surface area (Å²) in [6.07, 6.45) is 1.55. The Labute approximate surface area is 132 Å². The predicted molar refractivity (Wildman–Crippen MR) is 84.3 cm³/mol. The summed E-state index contributed by atoms with van der Waals surface area (Å²) < 4.78 is 39.4. The van der Waals surface area contributed by atoms with Gasteiger partial charge in [-0.25, -0.2) is 4.39 Å². The van der Waals surface area contributed by atoms with Gasteiger partial charge in [-0.15, -0.1) is 0 Å². The highest BCUT2D eigenvalue weighted by Crippen LogP contribution is 2.26. The SMILES string of the molecule is O=S(=O)(c1ccc(F)cc1)n1ncc2cc(C3CNC3)ccc21. The second-order valence-corrected chi connectivity index (χ2v) is 7.39. The predicted octanol–water partition coefficient (Wildman–Crippen LogP) is 2.10. The van der Waals surface area contributed by atoms with Gasteiger partial charge in [-0.2, -0.15) is 17.6 Å². The Bertz CT molecular complexity index is 976. The quantitative estimate of drug-likeness (QED) is 0.798. The van der Waals surface area contributed by atoms with Crippen LogP contribution in [0.15, 0.2) is 53.6 Å². The molecule has 4 rings (SSSR count). The first-order chi connectivity index (χ1) is 11.1. The standard InChI is InChI=1S/C16H14FN3O2S/c17-14-2-4-15(5-3-14)23(21,22)20-16-6-1-11(13-8-18-9-13)7-12(16)10-19-20/h1-7,10,13,18H,8-9H2. The summed E-state index contributed by atoms with van der Waals surface area (Å²) >= 11 is 0. The molecule has 0 aliphatic carbocycles. The van der Waals surface area contributed by atoms with Gasteiger partial charge in [0.15, 0.2) is 0 Å². The Morgan fingerprint density at radius 2 is 1.87 bits per heavy atom. The molecular formula is C16H14FN3O2S. The van der Waals surface area contributed by atoms with Crippen molar-refractivity contribution in [3.63, 3.8) is 0 Å². The van der Waals surface area contributed by atoms with Crippen molar-refractivity contribution in [1.29, 1.82) is 0 Å². The molecule has 1 aliphatic heterocycles. The normalized spacial score (nSPS) is 15.7. The van der Waals surface area contributed by atoms with Crippen LogP contribution in [-0.4, -0.2) is 30.7 Å². The van der Waals surface area contributed by atoms with E-state index in [9.17, 15) is 12.8 Å². The number of hydrogen-bond acceptors (Lipinski definition) is 4. The van der Waals surface area contributed by atoms with Crippen LogP contribution in [0.3, 0.4) is 0 Å². The first-order valence-corrected chi connectivity index (χ1v) is 8.69. The van der Waals surface area contributed by atoms with E-state index in [0.29, 0.717) is 11.4 Å². The lowest BCUT2D eigenvalue weighted by Gasteiger charge is -2.27. The highest BCUT2D eigenvalue weighted by atomic mass is 32.2. The van der Waals surface area contributed by atoms with Crippen LogP contribution in [-0.2, 0) is 10.0 Å². The Balaban J connectivity index is 1.80. The number of hydrogen-bond donors (Lipinski definition) is 1. The molecule has 0 bridgehead atoms. The zero-order chi connectivity index (χ0) is 16.0. The molecule has 1 fully saturated rings. The van der Waals surface area contributed by atoms with Gasteiger partial charge in [-0.3, -0.25) is 0 Å². The molecule has 3 aromatic rings. The van der Waals surface area contributed by atoms with E-state index in [4.69, 9.17) is 0 Å². The van der Waals surface area contributed by atoms with Gasteiger partial charge in [0, 0.05) is 24.4 Å². The topological polar surface area (TPSA) is 64.0 Å². The summed E-state index contributed by atoms with van der Waals surface area (Å²) in [6.45, 7) is 1.88. The molecule has 2 heterocycles. The van der Waals surface area contributed by atoms with Crippen molar-refractivity contribution in [2.45, 2.75) is 10.8 Å². The van der Waals surface area contributed by atoms with Crippen LogP contribution >= 0.6 is 0 Å². The average molecular weight is 331 g/mol. The monoisotopic (exact) mass is 331 g/mol. The third-order valence-corrected chi connectivity index (χ3v) is 5.77. The smallest absolute Gasteiger partial charge is 0.283 e. The number of nitrogens with zero attached hydrogens (tertiary/aromatic N) is 2. The molecule has 0 radical (unpaired) electrons. The van der Waals surface area contributed by atoms with E-state index in [1.807, 2.05) is 12.1 Å². The Hall–Kier alpha value is -2.25. The fourth-order valence-electron chi connectivity index (χ4n) is 2.70. The minimum Gasteiger partial charge on any atom is -0.315 e. The molecule has 0 spiro atoms. The van der Waals surface area contributed by atoms with E-state index in [-0.39, 0.29) is 4.90 Å². The molecule has 23 heavy (non-hydrogen) atoms. The first kappa shape index (κ1) is 14.3. The fourth-order valence-corrected chi connectivity index (χ4v) is 3.98. The number of rotatable bonds is 3. The van der Waals surface area contributed by atoms with Crippen LogP contribution in [0.25, 0.3) is 10.9 Å². The number of aromatic nitrogens is 2. The van der Waals surface area contributed by atoms with Crippen molar-refractivity contribution in [1.82, 2.24) is 14.5 Å². The minimum atomic E-state index is -3.84. The molecule has 0 unspecified atom stereocenters. The lowest BCUT2D eigenvalue weighted by Crippen LogP contribution is -2.39. The second kappa shape index (κ2) is 5.14. The molecule has 118 valence electrons. The zero-order valence-corrected chi connectivity index (χ0v) is 12.9. The van der Waals surface area contributed by atoms with E-state index in [2.05, 4.69) is 10.4 Å². The maximum Gasteiger partial charge on any atom is 0.283 e. The van der Waals surface area contributed by atoms with Gasteiger partial charge in [0.2, 0.25) is 0 Å². The van der Waals surface area contributed by atoms with E-state index in [1.165, 1.54) is 17.7 Å². The molecule has 0 saturated carbocycles. The minimum absolute atomic E-state index is 0.0103. The van der Waals surface area contributed by atoms with E-state index in [0.717, 1.165) is 34.7 Å². The summed E-state index contributed by atoms with van der Waals surface area (Å²) in [5, 5.41) is 8.02. The van der Waals surface area contributed by atoms with Crippen molar-refractivity contribution in [2.75, 3.05) is 13.1 Å². The van der Waals surface area contributed by atoms with E-state index in [1.54, 1.807) is 12.3 Å². The third-order valence-electron chi connectivity index (χ3n) is 4.15. The van der Waals surface area contributed by atoms with Gasteiger partial charge in [0.1, 0.15) is 5.82 Å². The van der Waals surface area contributed by atoms with Crippen LogP contribution in [0.4, 0.5) is 4.39 Å². The second-order valence-electron chi connectivity index (χ2n) is 5.62. The van der Waals surface area contributed by atoms with Gasteiger partial charge in [-0.05, 0) is 42.0 Å². The molecule has 1 saturated heterocycles. The van der Waals surface area contributed by atoms with E-state index >= 15 is 0 Å². The van der Waals surface area contributed by atoms with Crippen molar-refractivity contribution in [3.05, 3.63) is 60.0 Å². The van der Waals surface area contributed by atoms with E-state index < -0.39 is 15.8 Å².